The van der Waals surface area contributed by atoms with Crippen LogP contribution < -0.4 is 5.32 Å². The van der Waals surface area contributed by atoms with Crippen LogP contribution in [0.25, 0.3) is 0 Å². The minimum Gasteiger partial charge on any atom is -0.468 e. The summed E-state index contributed by atoms with van der Waals surface area (Å²) in [4.78, 5) is 2.29. The molecule has 0 bridgehead atoms. The van der Waals surface area contributed by atoms with Gasteiger partial charge in [-0.05, 0) is 25.7 Å². The number of nitrogens with zero attached hydrogens (tertiary/aromatic N) is 1. The number of nitrogens with one attached hydrogen (secondary N) is 1. The van der Waals surface area contributed by atoms with Crippen molar-refractivity contribution in [3.8, 4) is 0 Å². The molecular weight excluding hydrogens is 216 g/mol. The topological polar surface area (TPSA) is 37.6 Å². The van der Waals surface area contributed by atoms with E-state index in [1.807, 2.05) is 12.1 Å². The molecule has 2 unspecified atom stereocenters. The van der Waals surface area contributed by atoms with Gasteiger partial charge in [0.15, 0.2) is 0 Å². The summed E-state index contributed by atoms with van der Waals surface area (Å²) in [5, 5.41) is 3.48. The van der Waals surface area contributed by atoms with Crippen molar-refractivity contribution in [1.82, 2.24) is 10.2 Å². The number of likely N-dealkylation sites (N-methyl/N-ethyl adjacent to an activating group) is 1. The summed E-state index contributed by atoms with van der Waals surface area (Å²) in [6.45, 7) is 6.75. The van der Waals surface area contributed by atoms with Crippen molar-refractivity contribution < 1.29 is 9.15 Å². The van der Waals surface area contributed by atoms with Crippen LogP contribution in [0.15, 0.2) is 22.8 Å². The Morgan fingerprint density at radius 1 is 1.47 bits per heavy atom. The maximum Gasteiger partial charge on any atom is 0.117 e. The first-order valence-electron chi connectivity index (χ1n) is 6.31. The molecule has 1 saturated heterocycles. The van der Waals surface area contributed by atoms with Crippen LogP contribution >= 0.6 is 0 Å². The molecule has 1 aliphatic heterocycles. The van der Waals surface area contributed by atoms with Gasteiger partial charge in [0.2, 0.25) is 0 Å². The molecule has 0 amide bonds. The average molecular weight is 238 g/mol. The molecule has 0 radical (unpaired) electrons. The fraction of sp³-hybridized carbons (Fsp3) is 0.692. The van der Waals surface area contributed by atoms with Gasteiger partial charge in [-0.2, -0.15) is 0 Å². The van der Waals surface area contributed by atoms with Crippen LogP contribution in [0, 0.1) is 5.92 Å². The number of furan rings is 1. The van der Waals surface area contributed by atoms with Crippen molar-refractivity contribution in [3.05, 3.63) is 24.2 Å². The van der Waals surface area contributed by atoms with Gasteiger partial charge in [0, 0.05) is 18.5 Å². The van der Waals surface area contributed by atoms with Gasteiger partial charge in [-0.3, -0.25) is 4.90 Å². The Morgan fingerprint density at radius 3 is 3.06 bits per heavy atom. The van der Waals surface area contributed by atoms with E-state index in [1.54, 1.807) is 6.26 Å². The van der Waals surface area contributed by atoms with Crippen LogP contribution in [0.1, 0.15) is 12.7 Å². The Kier molecular flexibility index (Phi) is 4.59. The van der Waals surface area contributed by atoms with Crippen LogP contribution in [-0.4, -0.2) is 44.3 Å². The zero-order chi connectivity index (χ0) is 12.1. The summed E-state index contributed by atoms with van der Waals surface area (Å²) < 4.78 is 10.9. The van der Waals surface area contributed by atoms with E-state index < -0.39 is 0 Å². The average Bonchev–Trinajstić information content (AvgIpc) is 2.92. The van der Waals surface area contributed by atoms with Crippen molar-refractivity contribution >= 4 is 0 Å². The minimum atomic E-state index is 0.499. The predicted molar refractivity (Wildman–Crippen MR) is 66.8 cm³/mol. The lowest BCUT2D eigenvalue weighted by Crippen LogP contribution is -2.40. The maximum absolute atomic E-state index is 5.55. The van der Waals surface area contributed by atoms with Crippen molar-refractivity contribution in [1.29, 1.82) is 0 Å². The highest BCUT2D eigenvalue weighted by Gasteiger charge is 2.28. The second-order valence-electron chi connectivity index (χ2n) is 4.74. The number of rotatable bonds is 6. The molecule has 1 aliphatic rings. The highest BCUT2D eigenvalue weighted by molar-refractivity contribution is 4.97. The zero-order valence-electron chi connectivity index (χ0n) is 10.7. The van der Waals surface area contributed by atoms with Gasteiger partial charge < -0.3 is 14.5 Å². The fourth-order valence-electron chi connectivity index (χ4n) is 2.40. The van der Waals surface area contributed by atoms with Crippen molar-refractivity contribution in [2.45, 2.75) is 19.5 Å². The number of hydrogen-bond donors (Lipinski definition) is 1. The van der Waals surface area contributed by atoms with Gasteiger partial charge in [-0.15, -0.1) is 0 Å². The molecule has 4 nitrogen and oxygen atoms in total. The predicted octanol–water partition coefficient (Wildman–Crippen LogP) is 1.34. The molecule has 2 atom stereocenters. The molecule has 1 aromatic heterocycles. The Morgan fingerprint density at radius 2 is 2.35 bits per heavy atom. The molecule has 2 rings (SSSR count). The molecular formula is C13H22N2O2. The Labute approximate surface area is 103 Å². The highest BCUT2D eigenvalue weighted by atomic mass is 16.5. The lowest BCUT2D eigenvalue weighted by molar-refractivity contribution is 0.170. The van der Waals surface area contributed by atoms with Crippen molar-refractivity contribution in [3.63, 3.8) is 0 Å². The minimum absolute atomic E-state index is 0.499. The van der Waals surface area contributed by atoms with E-state index in [0.29, 0.717) is 12.0 Å². The SMILES string of the molecule is CCNC1COCC1CN(C)Cc1ccco1. The van der Waals surface area contributed by atoms with Gasteiger partial charge in [0.05, 0.1) is 26.0 Å². The van der Waals surface area contributed by atoms with E-state index in [9.17, 15) is 0 Å². The summed E-state index contributed by atoms with van der Waals surface area (Å²) in [5.41, 5.74) is 0. The van der Waals surface area contributed by atoms with Gasteiger partial charge in [-0.25, -0.2) is 0 Å². The maximum atomic E-state index is 5.55. The van der Waals surface area contributed by atoms with E-state index in [2.05, 4.69) is 24.2 Å². The van der Waals surface area contributed by atoms with E-state index >= 15 is 0 Å². The van der Waals surface area contributed by atoms with Crippen LogP contribution in [0.4, 0.5) is 0 Å². The largest absolute Gasteiger partial charge is 0.468 e. The molecule has 1 N–H and O–H groups in total. The monoisotopic (exact) mass is 238 g/mol. The van der Waals surface area contributed by atoms with Crippen molar-refractivity contribution in [2.24, 2.45) is 5.92 Å². The normalized spacial score (nSPS) is 24.6. The molecule has 4 heteroatoms. The molecule has 1 aromatic rings. The third-order valence-corrected chi connectivity index (χ3v) is 3.22. The molecule has 96 valence electrons. The molecule has 0 aromatic carbocycles. The molecule has 2 heterocycles. The Bertz CT molecular complexity index is 313. The summed E-state index contributed by atoms with van der Waals surface area (Å²) in [6.07, 6.45) is 1.73. The first-order valence-corrected chi connectivity index (χ1v) is 6.31. The van der Waals surface area contributed by atoms with Crippen LogP contribution in [-0.2, 0) is 11.3 Å². The molecule has 0 aliphatic carbocycles. The Hall–Kier alpha value is -0.840. The highest BCUT2D eigenvalue weighted by Crippen LogP contribution is 2.16. The second kappa shape index (κ2) is 6.19. The number of ether oxygens (including phenoxy) is 1. The smallest absolute Gasteiger partial charge is 0.117 e. The quantitative estimate of drug-likeness (QED) is 0.811. The van der Waals surface area contributed by atoms with Crippen LogP contribution in [0.5, 0.6) is 0 Å². The summed E-state index contributed by atoms with van der Waals surface area (Å²) in [6, 6.07) is 4.45. The first kappa shape index (κ1) is 12.6. The lowest BCUT2D eigenvalue weighted by atomic mass is 10.0. The third-order valence-electron chi connectivity index (χ3n) is 3.22. The van der Waals surface area contributed by atoms with Gasteiger partial charge >= 0.3 is 0 Å². The van der Waals surface area contributed by atoms with Crippen molar-refractivity contribution in [2.75, 3.05) is 33.4 Å². The van der Waals surface area contributed by atoms with Crippen LogP contribution in [0.3, 0.4) is 0 Å². The molecule has 0 saturated carbocycles. The molecule has 0 spiro atoms. The Balaban J connectivity index is 1.79. The van der Waals surface area contributed by atoms with Gasteiger partial charge in [0.1, 0.15) is 5.76 Å². The van der Waals surface area contributed by atoms with Gasteiger partial charge in [-0.1, -0.05) is 6.92 Å². The zero-order valence-corrected chi connectivity index (χ0v) is 10.7. The van der Waals surface area contributed by atoms with E-state index in [-0.39, 0.29) is 0 Å². The standard InChI is InChI=1S/C13H22N2O2/c1-3-14-13-10-16-9-11(13)7-15(2)8-12-5-4-6-17-12/h4-6,11,13-14H,3,7-10H2,1-2H3. The van der Waals surface area contributed by atoms with E-state index in [1.165, 1.54) is 0 Å². The fourth-order valence-corrected chi connectivity index (χ4v) is 2.40. The van der Waals surface area contributed by atoms with E-state index in [4.69, 9.17) is 9.15 Å². The number of hydrogen-bond acceptors (Lipinski definition) is 4. The lowest BCUT2D eigenvalue weighted by Gasteiger charge is -2.23. The second-order valence-corrected chi connectivity index (χ2v) is 4.74. The van der Waals surface area contributed by atoms with E-state index in [0.717, 1.165) is 38.6 Å². The van der Waals surface area contributed by atoms with Crippen LogP contribution in [0.2, 0.25) is 0 Å². The molecule has 17 heavy (non-hydrogen) atoms. The molecule has 1 fully saturated rings. The third kappa shape index (κ3) is 3.56. The first-order chi connectivity index (χ1) is 8.29. The van der Waals surface area contributed by atoms with Gasteiger partial charge in [0.25, 0.3) is 0 Å². The summed E-state index contributed by atoms with van der Waals surface area (Å²) in [7, 11) is 2.13. The summed E-state index contributed by atoms with van der Waals surface area (Å²) >= 11 is 0. The summed E-state index contributed by atoms with van der Waals surface area (Å²) in [5.74, 6) is 1.60.